The van der Waals surface area contributed by atoms with E-state index in [2.05, 4.69) is 23.0 Å². The number of aromatic nitrogens is 1. The van der Waals surface area contributed by atoms with Crippen LogP contribution in [0, 0.1) is 12.7 Å². The van der Waals surface area contributed by atoms with Crippen LogP contribution in [0.15, 0.2) is 30.6 Å². The lowest BCUT2D eigenvalue weighted by molar-refractivity contribution is 0.1000. The predicted molar refractivity (Wildman–Crippen MR) is 81.7 cm³/mol. The van der Waals surface area contributed by atoms with Crippen molar-refractivity contribution in [3.05, 3.63) is 53.1 Å². The average molecular weight is 289 g/mol. The number of aryl methyl sites for hydroxylation is 1. The normalized spacial score (nSPS) is 10.6. The lowest BCUT2D eigenvalue weighted by Crippen LogP contribution is -2.13. The Labute approximate surface area is 123 Å². The molecule has 0 radical (unpaired) electrons. The zero-order valence-corrected chi connectivity index (χ0v) is 12.3. The first-order chi connectivity index (χ1) is 10.0. The minimum absolute atomic E-state index is 0.171. The van der Waals surface area contributed by atoms with Crippen molar-refractivity contribution in [2.75, 3.05) is 5.32 Å². The molecule has 0 bridgehead atoms. The molecule has 21 heavy (non-hydrogen) atoms. The van der Waals surface area contributed by atoms with Crippen LogP contribution >= 0.6 is 0 Å². The maximum Gasteiger partial charge on any atom is 0.248 e. The van der Waals surface area contributed by atoms with Gasteiger partial charge in [0.25, 0.3) is 0 Å². The number of halogens is 1. The van der Waals surface area contributed by atoms with Crippen molar-refractivity contribution in [1.82, 2.24) is 4.57 Å². The SMILES string of the molecule is CCCn1ccc(CNc2cc(C(N)=O)cc(F)c2C)c1. The Morgan fingerprint density at radius 2 is 2.19 bits per heavy atom. The Hall–Kier alpha value is -2.30. The molecule has 5 heteroatoms. The molecule has 1 amide bonds. The highest BCUT2D eigenvalue weighted by Crippen LogP contribution is 2.21. The third kappa shape index (κ3) is 3.62. The van der Waals surface area contributed by atoms with E-state index < -0.39 is 11.7 Å². The fourth-order valence-corrected chi connectivity index (χ4v) is 2.19. The first-order valence-corrected chi connectivity index (χ1v) is 6.99. The second-order valence-corrected chi connectivity index (χ2v) is 5.11. The number of rotatable bonds is 6. The largest absolute Gasteiger partial charge is 0.381 e. The number of benzene rings is 1. The Bertz CT molecular complexity index is 649. The monoisotopic (exact) mass is 289 g/mol. The summed E-state index contributed by atoms with van der Waals surface area (Å²) in [4.78, 5) is 11.2. The summed E-state index contributed by atoms with van der Waals surface area (Å²) in [5.41, 5.74) is 7.55. The highest BCUT2D eigenvalue weighted by atomic mass is 19.1. The lowest BCUT2D eigenvalue weighted by Gasteiger charge is -2.11. The van der Waals surface area contributed by atoms with Gasteiger partial charge >= 0.3 is 0 Å². The molecule has 1 heterocycles. The van der Waals surface area contributed by atoms with Crippen LogP contribution in [0.4, 0.5) is 10.1 Å². The zero-order valence-electron chi connectivity index (χ0n) is 12.3. The van der Waals surface area contributed by atoms with Crippen molar-refractivity contribution < 1.29 is 9.18 Å². The zero-order chi connectivity index (χ0) is 15.4. The van der Waals surface area contributed by atoms with Gasteiger partial charge in [-0.15, -0.1) is 0 Å². The number of carbonyl (C=O) groups excluding carboxylic acids is 1. The molecule has 0 spiro atoms. The summed E-state index contributed by atoms with van der Waals surface area (Å²) in [7, 11) is 0. The quantitative estimate of drug-likeness (QED) is 0.858. The van der Waals surface area contributed by atoms with Gasteiger partial charge in [0.1, 0.15) is 5.82 Å². The predicted octanol–water partition coefficient (Wildman–Crippen LogP) is 3.06. The standard InChI is InChI=1S/C16H20FN3O/c1-3-5-20-6-4-12(10-20)9-19-15-8-13(16(18)21)7-14(17)11(15)2/h4,6-8,10,19H,3,5,9H2,1-2H3,(H2,18,21). The molecule has 0 aliphatic rings. The Morgan fingerprint density at radius 3 is 2.86 bits per heavy atom. The van der Waals surface area contributed by atoms with Crippen LogP contribution in [0.3, 0.4) is 0 Å². The number of anilines is 1. The van der Waals surface area contributed by atoms with E-state index in [0.29, 0.717) is 17.8 Å². The fourth-order valence-electron chi connectivity index (χ4n) is 2.19. The highest BCUT2D eigenvalue weighted by molar-refractivity contribution is 5.94. The van der Waals surface area contributed by atoms with E-state index in [-0.39, 0.29) is 5.56 Å². The third-order valence-electron chi connectivity index (χ3n) is 3.41. The maximum absolute atomic E-state index is 13.8. The van der Waals surface area contributed by atoms with Gasteiger partial charge < -0.3 is 15.6 Å². The Balaban J connectivity index is 2.13. The van der Waals surface area contributed by atoms with Crippen molar-refractivity contribution in [2.45, 2.75) is 33.4 Å². The van der Waals surface area contributed by atoms with Crippen LogP contribution < -0.4 is 11.1 Å². The van der Waals surface area contributed by atoms with Crippen molar-refractivity contribution in [2.24, 2.45) is 5.73 Å². The summed E-state index contributed by atoms with van der Waals surface area (Å²) in [5.74, 6) is -1.07. The van der Waals surface area contributed by atoms with Crippen LogP contribution in [0.25, 0.3) is 0 Å². The molecule has 0 aliphatic carbocycles. The van der Waals surface area contributed by atoms with Crippen molar-refractivity contribution >= 4 is 11.6 Å². The van der Waals surface area contributed by atoms with Crippen LogP contribution in [0.1, 0.15) is 34.8 Å². The molecule has 4 nitrogen and oxygen atoms in total. The van der Waals surface area contributed by atoms with E-state index >= 15 is 0 Å². The first-order valence-electron chi connectivity index (χ1n) is 6.99. The Kier molecular flexibility index (Phi) is 4.62. The van der Waals surface area contributed by atoms with Crippen LogP contribution in [0.2, 0.25) is 0 Å². The van der Waals surface area contributed by atoms with E-state index in [1.54, 1.807) is 13.0 Å². The molecule has 0 saturated heterocycles. The number of nitrogens with one attached hydrogen (secondary N) is 1. The van der Waals surface area contributed by atoms with Crippen LogP contribution in [-0.4, -0.2) is 10.5 Å². The fraction of sp³-hybridized carbons (Fsp3) is 0.312. The molecule has 0 atom stereocenters. The van der Waals surface area contributed by atoms with Gasteiger partial charge in [-0.25, -0.2) is 4.39 Å². The van der Waals surface area contributed by atoms with Crippen LogP contribution in [-0.2, 0) is 13.1 Å². The van der Waals surface area contributed by atoms with Gasteiger partial charge in [0.15, 0.2) is 0 Å². The van der Waals surface area contributed by atoms with E-state index in [9.17, 15) is 9.18 Å². The smallest absolute Gasteiger partial charge is 0.248 e. The number of amides is 1. The van der Waals surface area contributed by atoms with E-state index in [0.717, 1.165) is 18.5 Å². The van der Waals surface area contributed by atoms with Gasteiger partial charge in [-0.2, -0.15) is 0 Å². The number of nitrogens with zero attached hydrogens (tertiary/aromatic N) is 1. The number of hydrogen-bond acceptors (Lipinski definition) is 2. The summed E-state index contributed by atoms with van der Waals surface area (Å²) >= 11 is 0. The van der Waals surface area contributed by atoms with E-state index in [1.807, 2.05) is 12.3 Å². The van der Waals surface area contributed by atoms with Gasteiger partial charge in [0, 0.05) is 42.3 Å². The molecule has 0 aliphatic heterocycles. The second kappa shape index (κ2) is 6.43. The molecule has 0 fully saturated rings. The first kappa shape index (κ1) is 15.1. The molecule has 0 unspecified atom stereocenters. The summed E-state index contributed by atoms with van der Waals surface area (Å²) < 4.78 is 15.9. The van der Waals surface area contributed by atoms with Gasteiger partial charge in [-0.05, 0) is 37.1 Å². The van der Waals surface area contributed by atoms with Crippen molar-refractivity contribution in [3.63, 3.8) is 0 Å². The topological polar surface area (TPSA) is 60.1 Å². The number of carbonyl (C=O) groups is 1. The average Bonchev–Trinajstić information content (AvgIpc) is 2.88. The summed E-state index contributed by atoms with van der Waals surface area (Å²) in [5, 5.41) is 3.16. The van der Waals surface area contributed by atoms with Crippen LogP contribution in [0.5, 0.6) is 0 Å². The van der Waals surface area contributed by atoms with Crippen molar-refractivity contribution in [3.8, 4) is 0 Å². The Morgan fingerprint density at radius 1 is 1.43 bits per heavy atom. The molecule has 2 aromatic rings. The molecule has 112 valence electrons. The van der Waals surface area contributed by atoms with Gasteiger partial charge in [-0.3, -0.25) is 4.79 Å². The summed E-state index contributed by atoms with van der Waals surface area (Å²) in [6, 6.07) is 4.77. The maximum atomic E-state index is 13.8. The number of primary amides is 1. The lowest BCUT2D eigenvalue weighted by atomic mass is 10.1. The summed E-state index contributed by atoms with van der Waals surface area (Å²) in [6.07, 6.45) is 5.15. The highest BCUT2D eigenvalue weighted by Gasteiger charge is 2.10. The molecule has 1 aromatic carbocycles. The molecular formula is C16H20FN3O. The molecular weight excluding hydrogens is 269 g/mol. The van der Waals surface area contributed by atoms with Gasteiger partial charge in [0.2, 0.25) is 5.91 Å². The van der Waals surface area contributed by atoms with Gasteiger partial charge in [0.05, 0.1) is 0 Å². The minimum atomic E-state index is -0.633. The number of nitrogens with two attached hydrogens (primary N) is 1. The summed E-state index contributed by atoms with van der Waals surface area (Å²) in [6.45, 7) is 5.34. The minimum Gasteiger partial charge on any atom is -0.381 e. The molecule has 3 N–H and O–H groups in total. The van der Waals surface area contributed by atoms with E-state index in [1.165, 1.54) is 6.07 Å². The molecule has 1 aromatic heterocycles. The molecule has 2 rings (SSSR count). The van der Waals surface area contributed by atoms with Gasteiger partial charge in [-0.1, -0.05) is 6.92 Å². The van der Waals surface area contributed by atoms with Crippen molar-refractivity contribution in [1.29, 1.82) is 0 Å². The molecule has 0 saturated carbocycles. The number of hydrogen-bond donors (Lipinski definition) is 2. The van der Waals surface area contributed by atoms with E-state index in [4.69, 9.17) is 5.73 Å². The third-order valence-corrected chi connectivity index (χ3v) is 3.41. The second-order valence-electron chi connectivity index (χ2n) is 5.11.